The zero-order valence-corrected chi connectivity index (χ0v) is 27.4. The number of carbonyl (C=O) groups excluding carboxylic acids is 3. The van der Waals surface area contributed by atoms with Crippen LogP contribution in [-0.4, -0.2) is 59.8 Å². The molecule has 0 radical (unpaired) electrons. The highest BCUT2D eigenvalue weighted by Gasteiger charge is 2.32. The molecular formula is C38H38ClN3O6. The van der Waals surface area contributed by atoms with Crippen molar-refractivity contribution in [3.05, 3.63) is 123 Å². The van der Waals surface area contributed by atoms with E-state index in [2.05, 4.69) is 24.0 Å². The third-order valence-corrected chi connectivity index (χ3v) is 9.33. The average molecular weight is 668 g/mol. The van der Waals surface area contributed by atoms with E-state index in [9.17, 15) is 19.2 Å². The second kappa shape index (κ2) is 14.9. The molecule has 2 aliphatic rings. The number of fused-ring (bicyclic) bond motifs is 1. The zero-order valence-electron chi connectivity index (χ0n) is 26.7. The van der Waals surface area contributed by atoms with Crippen molar-refractivity contribution in [1.29, 1.82) is 0 Å². The zero-order chi connectivity index (χ0) is 33.6. The number of likely N-dealkylation sites (tertiary alicyclic amines) is 2. The van der Waals surface area contributed by atoms with Gasteiger partial charge in [0.2, 0.25) is 11.8 Å². The fraction of sp³-hybridized carbons (Fsp3) is 0.316. The van der Waals surface area contributed by atoms with Gasteiger partial charge in [0.1, 0.15) is 24.0 Å². The Morgan fingerprint density at radius 3 is 2.52 bits per heavy atom. The first-order valence-corrected chi connectivity index (χ1v) is 16.7. The van der Waals surface area contributed by atoms with Gasteiger partial charge in [-0.15, -0.1) is 0 Å². The topological polar surface area (TPSA) is 109 Å². The largest absolute Gasteiger partial charge is 0.490 e. The molecule has 2 aliphatic heterocycles. The minimum atomic E-state index is -0.903. The monoisotopic (exact) mass is 667 g/mol. The molecule has 2 saturated heterocycles. The molecule has 0 saturated carbocycles. The summed E-state index contributed by atoms with van der Waals surface area (Å²) in [5, 5.41) is 3.70. The van der Waals surface area contributed by atoms with Gasteiger partial charge in [0.15, 0.2) is 11.2 Å². The molecule has 0 bridgehead atoms. The highest BCUT2D eigenvalue weighted by molar-refractivity contribution is 6.30. The van der Waals surface area contributed by atoms with Crippen LogP contribution in [0.1, 0.15) is 58.8 Å². The summed E-state index contributed by atoms with van der Waals surface area (Å²) in [5.41, 5.74) is 3.03. The number of ether oxygens (including phenoxy) is 1. The number of carbonyl (C=O) groups is 3. The Kier molecular flexibility index (Phi) is 10.3. The SMILES string of the molecule is C=CCOc1ccc2oc(C(=O)N[C@@H](Cc3ccc(Cl)cc3)C(=O)N3CCC(c4ccccc4CN4CCCC4=O)CC3)cc(=O)c2c1. The molecule has 3 amide bonds. The molecule has 1 aromatic heterocycles. The van der Waals surface area contributed by atoms with Crippen LogP contribution >= 0.6 is 11.6 Å². The number of piperidine rings is 1. The van der Waals surface area contributed by atoms with Crippen LogP contribution in [0.3, 0.4) is 0 Å². The van der Waals surface area contributed by atoms with Crippen LogP contribution in [0.25, 0.3) is 11.0 Å². The maximum Gasteiger partial charge on any atom is 0.287 e. The second-order valence-electron chi connectivity index (χ2n) is 12.3. The first-order chi connectivity index (χ1) is 23.3. The number of benzene rings is 3. The third-order valence-electron chi connectivity index (χ3n) is 9.08. The van der Waals surface area contributed by atoms with Gasteiger partial charge in [-0.25, -0.2) is 0 Å². The Hall–Kier alpha value is -4.89. The highest BCUT2D eigenvalue weighted by Crippen LogP contribution is 2.32. The summed E-state index contributed by atoms with van der Waals surface area (Å²) in [7, 11) is 0. The lowest BCUT2D eigenvalue weighted by Gasteiger charge is -2.35. The molecule has 0 spiro atoms. The van der Waals surface area contributed by atoms with Gasteiger partial charge in [0.25, 0.3) is 5.91 Å². The van der Waals surface area contributed by atoms with Gasteiger partial charge in [-0.05, 0) is 72.2 Å². The van der Waals surface area contributed by atoms with Crippen molar-refractivity contribution in [2.45, 2.75) is 50.6 Å². The van der Waals surface area contributed by atoms with Crippen molar-refractivity contribution in [2.75, 3.05) is 26.2 Å². The molecule has 9 nitrogen and oxygen atoms in total. The lowest BCUT2D eigenvalue weighted by atomic mass is 9.86. The van der Waals surface area contributed by atoms with Gasteiger partial charge >= 0.3 is 0 Å². The van der Waals surface area contributed by atoms with Gasteiger partial charge in [0, 0.05) is 50.1 Å². The number of rotatable bonds is 11. The first kappa shape index (κ1) is 33.0. The van der Waals surface area contributed by atoms with Crippen LogP contribution in [-0.2, 0) is 22.6 Å². The van der Waals surface area contributed by atoms with Gasteiger partial charge in [-0.1, -0.05) is 60.7 Å². The molecule has 3 heterocycles. The number of amides is 3. The van der Waals surface area contributed by atoms with E-state index >= 15 is 0 Å². The maximum atomic E-state index is 14.0. The van der Waals surface area contributed by atoms with E-state index in [1.54, 1.807) is 41.3 Å². The molecule has 1 N–H and O–H groups in total. The summed E-state index contributed by atoms with van der Waals surface area (Å²) in [4.78, 5) is 56.6. The van der Waals surface area contributed by atoms with Crippen molar-refractivity contribution in [1.82, 2.24) is 15.1 Å². The third kappa shape index (κ3) is 7.63. The molecule has 4 aromatic rings. The van der Waals surface area contributed by atoms with E-state index in [0.717, 1.165) is 43.0 Å². The van der Waals surface area contributed by atoms with Crippen molar-refractivity contribution in [3.8, 4) is 5.75 Å². The van der Waals surface area contributed by atoms with Gasteiger partial charge in [0.05, 0.1) is 5.39 Å². The van der Waals surface area contributed by atoms with Crippen LogP contribution < -0.4 is 15.5 Å². The molecule has 3 aromatic carbocycles. The fourth-order valence-corrected chi connectivity index (χ4v) is 6.69. The molecular weight excluding hydrogens is 630 g/mol. The van der Waals surface area contributed by atoms with E-state index in [0.29, 0.717) is 36.8 Å². The minimum Gasteiger partial charge on any atom is -0.490 e. The predicted molar refractivity (Wildman–Crippen MR) is 184 cm³/mol. The Morgan fingerprint density at radius 2 is 1.79 bits per heavy atom. The maximum absolute atomic E-state index is 14.0. The van der Waals surface area contributed by atoms with Gasteiger partial charge in [-0.2, -0.15) is 0 Å². The van der Waals surface area contributed by atoms with Crippen LogP contribution in [0.15, 0.2) is 94.7 Å². The lowest BCUT2D eigenvalue weighted by Crippen LogP contribution is -2.51. The molecule has 6 rings (SSSR count). The molecule has 248 valence electrons. The Morgan fingerprint density at radius 1 is 1.02 bits per heavy atom. The van der Waals surface area contributed by atoms with Crippen LogP contribution in [0.4, 0.5) is 0 Å². The molecule has 2 fully saturated rings. The molecule has 1 atom stereocenters. The number of nitrogens with zero attached hydrogens (tertiary/aromatic N) is 2. The van der Waals surface area contributed by atoms with Crippen molar-refractivity contribution >= 4 is 40.3 Å². The van der Waals surface area contributed by atoms with E-state index in [4.69, 9.17) is 20.8 Å². The second-order valence-corrected chi connectivity index (χ2v) is 12.7. The summed E-state index contributed by atoms with van der Waals surface area (Å²) < 4.78 is 11.4. The Bertz CT molecular complexity index is 1880. The fourth-order valence-electron chi connectivity index (χ4n) is 6.56. The predicted octanol–water partition coefficient (Wildman–Crippen LogP) is 5.88. The van der Waals surface area contributed by atoms with E-state index in [1.165, 1.54) is 5.56 Å². The molecule has 10 heteroatoms. The molecule has 0 aliphatic carbocycles. The Balaban J connectivity index is 1.17. The summed E-state index contributed by atoms with van der Waals surface area (Å²) >= 11 is 6.11. The van der Waals surface area contributed by atoms with Crippen LogP contribution in [0.5, 0.6) is 5.75 Å². The van der Waals surface area contributed by atoms with E-state index in [1.807, 2.05) is 29.2 Å². The number of hydrogen-bond donors (Lipinski definition) is 1. The van der Waals surface area contributed by atoms with E-state index < -0.39 is 17.4 Å². The number of nitrogens with one attached hydrogen (secondary N) is 1. The summed E-state index contributed by atoms with van der Waals surface area (Å²) in [6.45, 7) is 6.35. The Labute approximate surface area is 284 Å². The van der Waals surface area contributed by atoms with Crippen molar-refractivity contribution in [2.24, 2.45) is 0 Å². The molecule has 0 unspecified atom stereocenters. The first-order valence-electron chi connectivity index (χ1n) is 16.3. The van der Waals surface area contributed by atoms with Gasteiger partial charge < -0.3 is 24.3 Å². The van der Waals surface area contributed by atoms with Crippen LogP contribution in [0, 0.1) is 0 Å². The highest BCUT2D eigenvalue weighted by atomic mass is 35.5. The normalized spacial score (nSPS) is 15.8. The van der Waals surface area contributed by atoms with Crippen molar-refractivity contribution < 1.29 is 23.5 Å². The molecule has 48 heavy (non-hydrogen) atoms. The average Bonchev–Trinajstić information content (AvgIpc) is 3.51. The minimum absolute atomic E-state index is 0.187. The summed E-state index contributed by atoms with van der Waals surface area (Å²) in [6, 6.07) is 20.4. The number of hydrogen-bond acceptors (Lipinski definition) is 6. The van der Waals surface area contributed by atoms with Crippen molar-refractivity contribution in [3.63, 3.8) is 0 Å². The quantitative estimate of drug-likeness (QED) is 0.200. The summed E-state index contributed by atoms with van der Waals surface area (Å²) in [6.07, 6.45) is 4.86. The smallest absolute Gasteiger partial charge is 0.287 e. The lowest BCUT2D eigenvalue weighted by molar-refractivity contribution is -0.134. The summed E-state index contributed by atoms with van der Waals surface area (Å²) in [5.74, 6) is -0.123. The number of halogens is 1. The van der Waals surface area contributed by atoms with E-state index in [-0.39, 0.29) is 47.5 Å². The van der Waals surface area contributed by atoms with Gasteiger partial charge in [-0.3, -0.25) is 19.2 Å². The van der Waals surface area contributed by atoms with Crippen LogP contribution in [0.2, 0.25) is 5.02 Å². The standard InChI is InChI=1S/C38H38ClN3O6/c1-2-20-47-29-13-14-34-31(22-29)33(43)23-35(48-34)37(45)40-32(21-25-9-11-28(39)12-10-25)38(46)41-18-15-26(16-19-41)30-7-4-3-6-27(30)24-42-17-5-8-36(42)44/h2-4,6-7,9-14,22-23,26,32H,1,5,8,15-21,24H2,(H,40,45)/t32-/m0/s1.